The van der Waals surface area contributed by atoms with Crippen molar-refractivity contribution in [2.75, 3.05) is 6.61 Å². The molecule has 3 nitrogen and oxygen atoms in total. The van der Waals surface area contributed by atoms with Gasteiger partial charge in [0.2, 0.25) is 6.29 Å². The second-order valence-corrected chi connectivity index (χ2v) is 6.33. The molecule has 88 valence electrons. The van der Waals surface area contributed by atoms with E-state index in [1.807, 2.05) is 13.8 Å². The molecule has 0 spiro atoms. The largest absolute Gasteiger partial charge is 0.434 e. The van der Waals surface area contributed by atoms with Gasteiger partial charge in [-0.1, -0.05) is 0 Å². The molecule has 15 heavy (non-hydrogen) atoms. The quantitative estimate of drug-likeness (QED) is 0.562. The van der Waals surface area contributed by atoms with Crippen molar-refractivity contribution >= 4 is 29.2 Å². The van der Waals surface area contributed by atoms with Gasteiger partial charge in [-0.15, -0.1) is 23.2 Å². The zero-order valence-electron chi connectivity index (χ0n) is 9.34. The van der Waals surface area contributed by atoms with Crippen molar-refractivity contribution in [1.29, 1.82) is 0 Å². The van der Waals surface area contributed by atoms with Gasteiger partial charge in [0.15, 0.2) is 0 Å². The first kappa shape index (κ1) is 13.1. The molecule has 1 heterocycles. The topological polar surface area (TPSA) is 35.5 Å². The molecular formula is C10H16Cl2O3. The summed E-state index contributed by atoms with van der Waals surface area (Å²) in [5.74, 6) is -0.474. The first-order chi connectivity index (χ1) is 6.65. The Bertz CT molecular complexity index is 258. The SMILES string of the molecule is CC(=O)O[C@H]1OC[C@@H](C(C)(C)Cl)[C@]1(C)Cl. The van der Waals surface area contributed by atoms with Gasteiger partial charge in [0.25, 0.3) is 0 Å². The first-order valence-electron chi connectivity index (χ1n) is 4.82. The van der Waals surface area contributed by atoms with Crippen molar-refractivity contribution in [3.63, 3.8) is 0 Å². The molecule has 0 aromatic heterocycles. The minimum absolute atomic E-state index is 0.0716. The summed E-state index contributed by atoms with van der Waals surface area (Å²) in [5.41, 5.74) is 0. The smallest absolute Gasteiger partial charge is 0.304 e. The molecule has 0 radical (unpaired) electrons. The summed E-state index contributed by atoms with van der Waals surface area (Å²) >= 11 is 12.6. The monoisotopic (exact) mass is 254 g/mol. The maximum Gasteiger partial charge on any atom is 0.304 e. The molecule has 0 N–H and O–H groups in total. The van der Waals surface area contributed by atoms with Crippen LogP contribution in [0.15, 0.2) is 0 Å². The molecule has 0 aromatic carbocycles. The zero-order chi connectivity index (χ0) is 11.9. The lowest BCUT2D eigenvalue weighted by atomic mass is 9.85. The number of ether oxygens (including phenoxy) is 2. The number of carbonyl (C=O) groups excluding carboxylic acids is 1. The van der Waals surface area contributed by atoms with Gasteiger partial charge in [0.1, 0.15) is 4.87 Å². The molecule has 0 amide bonds. The lowest BCUT2D eigenvalue weighted by Gasteiger charge is -2.33. The average molecular weight is 255 g/mol. The fourth-order valence-electron chi connectivity index (χ4n) is 1.84. The van der Waals surface area contributed by atoms with Crippen LogP contribution < -0.4 is 0 Å². The van der Waals surface area contributed by atoms with E-state index in [2.05, 4.69) is 0 Å². The summed E-state index contributed by atoms with van der Waals surface area (Å²) in [7, 11) is 0. The van der Waals surface area contributed by atoms with Gasteiger partial charge in [-0.05, 0) is 20.8 Å². The Morgan fingerprint density at radius 3 is 2.47 bits per heavy atom. The van der Waals surface area contributed by atoms with E-state index in [9.17, 15) is 4.79 Å². The highest BCUT2D eigenvalue weighted by Crippen LogP contribution is 2.45. The molecule has 0 saturated carbocycles. The van der Waals surface area contributed by atoms with Crippen LogP contribution in [0.25, 0.3) is 0 Å². The second-order valence-electron chi connectivity index (χ2n) is 4.54. The van der Waals surface area contributed by atoms with E-state index in [1.54, 1.807) is 6.92 Å². The van der Waals surface area contributed by atoms with E-state index in [0.29, 0.717) is 6.61 Å². The number of hydrogen-bond acceptors (Lipinski definition) is 3. The van der Waals surface area contributed by atoms with Crippen molar-refractivity contribution in [3.05, 3.63) is 0 Å². The maximum atomic E-state index is 10.9. The number of carbonyl (C=O) groups is 1. The molecule has 0 bridgehead atoms. The van der Waals surface area contributed by atoms with Crippen molar-refractivity contribution in [2.24, 2.45) is 5.92 Å². The van der Waals surface area contributed by atoms with Crippen molar-refractivity contribution in [2.45, 2.75) is 43.7 Å². The zero-order valence-corrected chi connectivity index (χ0v) is 10.9. The fraction of sp³-hybridized carbons (Fsp3) is 0.900. The van der Waals surface area contributed by atoms with Gasteiger partial charge in [0, 0.05) is 17.7 Å². The lowest BCUT2D eigenvalue weighted by Crippen LogP contribution is -2.44. The first-order valence-corrected chi connectivity index (χ1v) is 5.58. The van der Waals surface area contributed by atoms with E-state index >= 15 is 0 Å². The number of hydrogen-bond donors (Lipinski definition) is 0. The fourth-order valence-corrected chi connectivity index (χ4v) is 2.63. The third-order valence-electron chi connectivity index (χ3n) is 2.66. The minimum atomic E-state index is -0.781. The second kappa shape index (κ2) is 4.11. The average Bonchev–Trinajstić information content (AvgIpc) is 2.24. The van der Waals surface area contributed by atoms with Crippen molar-refractivity contribution in [3.8, 4) is 0 Å². The highest BCUT2D eigenvalue weighted by atomic mass is 35.5. The lowest BCUT2D eigenvalue weighted by molar-refractivity contribution is -0.170. The molecule has 1 aliphatic heterocycles. The van der Waals surface area contributed by atoms with Crippen molar-refractivity contribution < 1.29 is 14.3 Å². The van der Waals surface area contributed by atoms with Gasteiger partial charge < -0.3 is 9.47 Å². The molecular weight excluding hydrogens is 239 g/mol. The highest BCUT2D eigenvalue weighted by molar-refractivity contribution is 6.27. The number of halogens is 2. The van der Waals surface area contributed by atoms with Crippen LogP contribution in [0.1, 0.15) is 27.7 Å². The van der Waals surface area contributed by atoms with Crippen LogP contribution >= 0.6 is 23.2 Å². The Hall–Kier alpha value is 0.01000. The Balaban J connectivity index is 2.80. The van der Waals surface area contributed by atoms with Crippen LogP contribution in [0, 0.1) is 5.92 Å². The van der Waals surface area contributed by atoms with Gasteiger partial charge in [-0.25, -0.2) is 0 Å². The van der Waals surface area contributed by atoms with E-state index in [4.69, 9.17) is 32.7 Å². The summed E-state index contributed by atoms with van der Waals surface area (Å²) in [5, 5.41) is 0. The molecule has 0 aromatic rings. The molecule has 1 aliphatic rings. The molecule has 5 heteroatoms. The Kier molecular flexibility index (Phi) is 3.59. The van der Waals surface area contributed by atoms with Crippen LogP contribution in [0.5, 0.6) is 0 Å². The number of alkyl halides is 2. The summed E-state index contributed by atoms with van der Waals surface area (Å²) in [6.07, 6.45) is -0.723. The van der Waals surface area contributed by atoms with Crippen LogP contribution in [0.2, 0.25) is 0 Å². The van der Waals surface area contributed by atoms with Gasteiger partial charge in [-0.3, -0.25) is 4.79 Å². The van der Waals surface area contributed by atoms with E-state index in [0.717, 1.165) is 0 Å². The van der Waals surface area contributed by atoms with Crippen LogP contribution in [-0.4, -0.2) is 28.6 Å². The third-order valence-corrected chi connectivity index (χ3v) is 3.36. The molecule has 0 unspecified atom stereocenters. The van der Waals surface area contributed by atoms with Crippen molar-refractivity contribution in [1.82, 2.24) is 0 Å². The van der Waals surface area contributed by atoms with E-state index < -0.39 is 22.0 Å². The Morgan fingerprint density at radius 2 is 2.13 bits per heavy atom. The number of rotatable bonds is 2. The molecule has 1 saturated heterocycles. The van der Waals surface area contributed by atoms with Gasteiger partial charge in [-0.2, -0.15) is 0 Å². The summed E-state index contributed by atoms with van der Waals surface area (Å²) in [6, 6.07) is 0. The van der Waals surface area contributed by atoms with E-state index in [-0.39, 0.29) is 5.92 Å². The molecule has 1 fully saturated rings. The highest BCUT2D eigenvalue weighted by Gasteiger charge is 2.54. The predicted molar refractivity (Wildman–Crippen MR) is 59.2 cm³/mol. The Labute approximate surface area is 100 Å². The summed E-state index contributed by atoms with van der Waals surface area (Å²) in [4.78, 5) is 9.57. The third kappa shape index (κ3) is 2.77. The van der Waals surface area contributed by atoms with Gasteiger partial charge in [0.05, 0.1) is 6.61 Å². The molecule has 1 rings (SSSR count). The molecule has 3 atom stereocenters. The maximum absolute atomic E-state index is 10.9. The standard InChI is InChI=1S/C10H16Cl2O3/c1-6(13)15-8-10(4,12)7(5-14-8)9(2,3)11/h7-8H,5H2,1-4H3/t7-,8+,10-/m0/s1. The summed E-state index contributed by atoms with van der Waals surface area (Å²) < 4.78 is 10.4. The summed E-state index contributed by atoms with van der Waals surface area (Å²) in [6.45, 7) is 7.26. The van der Waals surface area contributed by atoms with Gasteiger partial charge >= 0.3 is 5.97 Å². The van der Waals surface area contributed by atoms with Crippen LogP contribution in [0.3, 0.4) is 0 Å². The number of esters is 1. The Morgan fingerprint density at radius 1 is 1.60 bits per heavy atom. The molecule has 0 aliphatic carbocycles. The predicted octanol–water partition coefficient (Wildman–Crippen LogP) is 2.54. The normalized spacial score (nSPS) is 36.7. The minimum Gasteiger partial charge on any atom is -0.434 e. The van der Waals surface area contributed by atoms with E-state index in [1.165, 1.54) is 6.92 Å². The van der Waals surface area contributed by atoms with Crippen LogP contribution in [0.4, 0.5) is 0 Å². The van der Waals surface area contributed by atoms with Crippen LogP contribution in [-0.2, 0) is 14.3 Å².